The van der Waals surface area contributed by atoms with E-state index < -0.39 is 0 Å². The third kappa shape index (κ3) is 4.19. The molecule has 0 saturated heterocycles. The Morgan fingerprint density at radius 1 is 1.08 bits per heavy atom. The molecule has 1 heterocycles. The first-order chi connectivity index (χ1) is 12.4. The molecule has 2 aromatic carbocycles. The standard InChI is InChI=1S/C20H20FN3OS/c1-12(15-8-10-16(21)11-9-15)22-19(25)13(2)26-20-17-6-4-5-7-18(17)23-14(3)24-20/h4-13H,1-3H3,(H,22,25)/t12-,13-/m1/s1. The zero-order chi connectivity index (χ0) is 18.7. The van der Waals surface area contributed by atoms with Gasteiger partial charge in [0.1, 0.15) is 16.7 Å². The molecule has 2 atom stereocenters. The largest absolute Gasteiger partial charge is 0.349 e. The van der Waals surface area contributed by atoms with Crippen molar-refractivity contribution < 1.29 is 9.18 Å². The second-order valence-corrected chi connectivity index (χ2v) is 7.46. The predicted octanol–water partition coefficient (Wildman–Crippen LogP) is 4.44. The quantitative estimate of drug-likeness (QED) is 0.534. The molecular weight excluding hydrogens is 349 g/mol. The number of para-hydroxylation sites is 1. The summed E-state index contributed by atoms with van der Waals surface area (Å²) in [7, 11) is 0. The Labute approximate surface area is 156 Å². The van der Waals surface area contributed by atoms with Crippen molar-refractivity contribution in [3.05, 3.63) is 65.7 Å². The van der Waals surface area contributed by atoms with Crippen LogP contribution in [0, 0.1) is 12.7 Å². The summed E-state index contributed by atoms with van der Waals surface area (Å²) in [5.41, 5.74) is 1.73. The first-order valence-electron chi connectivity index (χ1n) is 8.40. The Balaban J connectivity index is 1.72. The van der Waals surface area contributed by atoms with Gasteiger partial charge in [0.25, 0.3) is 0 Å². The number of hydrogen-bond acceptors (Lipinski definition) is 4. The smallest absolute Gasteiger partial charge is 0.233 e. The van der Waals surface area contributed by atoms with Crippen LogP contribution in [0.3, 0.4) is 0 Å². The summed E-state index contributed by atoms with van der Waals surface area (Å²) in [6.07, 6.45) is 0. The number of rotatable bonds is 5. The number of carbonyl (C=O) groups excluding carboxylic acids is 1. The van der Waals surface area contributed by atoms with Crippen molar-refractivity contribution in [3.8, 4) is 0 Å². The highest BCUT2D eigenvalue weighted by molar-refractivity contribution is 8.00. The summed E-state index contributed by atoms with van der Waals surface area (Å²) >= 11 is 1.41. The van der Waals surface area contributed by atoms with Crippen molar-refractivity contribution in [3.63, 3.8) is 0 Å². The molecule has 0 radical (unpaired) electrons. The summed E-state index contributed by atoms with van der Waals surface area (Å²) < 4.78 is 13.0. The Morgan fingerprint density at radius 2 is 1.77 bits per heavy atom. The van der Waals surface area contributed by atoms with Gasteiger partial charge in [0.15, 0.2) is 0 Å². The molecule has 0 aliphatic rings. The zero-order valence-electron chi connectivity index (χ0n) is 14.9. The van der Waals surface area contributed by atoms with Gasteiger partial charge in [-0.2, -0.15) is 0 Å². The molecule has 3 aromatic rings. The lowest BCUT2D eigenvalue weighted by atomic mass is 10.1. The molecule has 1 N–H and O–H groups in total. The van der Waals surface area contributed by atoms with Gasteiger partial charge in [0, 0.05) is 5.39 Å². The Bertz CT molecular complexity index is 930. The minimum atomic E-state index is -0.324. The summed E-state index contributed by atoms with van der Waals surface area (Å²) in [5, 5.41) is 4.38. The molecule has 134 valence electrons. The second kappa shape index (κ2) is 7.83. The zero-order valence-corrected chi connectivity index (χ0v) is 15.7. The fourth-order valence-electron chi connectivity index (χ4n) is 2.63. The Morgan fingerprint density at radius 3 is 2.50 bits per heavy atom. The SMILES string of the molecule is Cc1nc(S[C@H](C)C(=O)N[C@H](C)c2ccc(F)cc2)c2ccccc2n1. The van der Waals surface area contributed by atoms with E-state index >= 15 is 0 Å². The maximum absolute atomic E-state index is 13.0. The van der Waals surface area contributed by atoms with Gasteiger partial charge < -0.3 is 5.32 Å². The number of carbonyl (C=O) groups is 1. The highest BCUT2D eigenvalue weighted by Crippen LogP contribution is 2.29. The van der Waals surface area contributed by atoms with Crippen molar-refractivity contribution in [2.75, 3.05) is 0 Å². The van der Waals surface area contributed by atoms with Crippen LogP contribution >= 0.6 is 11.8 Å². The fourth-order valence-corrected chi connectivity index (χ4v) is 3.63. The summed E-state index contributed by atoms with van der Waals surface area (Å²) in [6.45, 7) is 5.58. The van der Waals surface area contributed by atoms with Gasteiger partial charge >= 0.3 is 0 Å². The van der Waals surface area contributed by atoms with E-state index in [4.69, 9.17) is 0 Å². The van der Waals surface area contributed by atoms with Crippen molar-refractivity contribution in [1.82, 2.24) is 15.3 Å². The van der Waals surface area contributed by atoms with Gasteiger partial charge in [-0.1, -0.05) is 42.1 Å². The molecule has 0 aliphatic carbocycles. The van der Waals surface area contributed by atoms with E-state index in [1.54, 1.807) is 12.1 Å². The fraction of sp³-hybridized carbons (Fsp3) is 0.250. The number of aryl methyl sites for hydroxylation is 1. The van der Waals surface area contributed by atoms with Crippen LogP contribution in [0.1, 0.15) is 31.3 Å². The third-order valence-corrected chi connectivity index (χ3v) is 5.17. The predicted molar refractivity (Wildman–Crippen MR) is 103 cm³/mol. The molecule has 0 fully saturated rings. The molecule has 0 spiro atoms. The van der Waals surface area contributed by atoms with Crippen LogP contribution in [0.15, 0.2) is 53.6 Å². The van der Waals surface area contributed by atoms with Gasteiger partial charge in [-0.3, -0.25) is 4.79 Å². The van der Waals surface area contributed by atoms with Crippen molar-refractivity contribution >= 4 is 28.6 Å². The van der Waals surface area contributed by atoms with Crippen molar-refractivity contribution in [2.45, 2.75) is 37.1 Å². The van der Waals surface area contributed by atoms with E-state index in [0.29, 0.717) is 5.82 Å². The van der Waals surface area contributed by atoms with Crippen LogP contribution in [0.4, 0.5) is 4.39 Å². The minimum Gasteiger partial charge on any atom is -0.349 e. The van der Waals surface area contributed by atoms with Gasteiger partial charge in [0.2, 0.25) is 5.91 Å². The van der Waals surface area contributed by atoms with E-state index in [9.17, 15) is 9.18 Å². The molecule has 0 aliphatic heterocycles. The number of nitrogens with zero attached hydrogens (tertiary/aromatic N) is 2. The van der Waals surface area contributed by atoms with Crippen LogP contribution in [-0.4, -0.2) is 21.1 Å². The Kier molecular flexibility index (Phi) is 5.52. The molecular formula is C20H20FN3OS. The van der Waals surface area contributed by atoms with Gasteiger partial charge in [-0.15, -0.1) is 0 Å². The lowest BCUT2D eigenvalue weighted by Crippen LogP contribution is -2.33. The molecule has 0 unspecified atom stereocenters. The molecule has 26 heavy (non-hydrogen) atoms. The summed E-state index contributed by atoms with van der Waals surface area (Å²) in [4.78, 5) is 21.5. The van der Waals surface area contributed by atoms with Crippen LogP contribution in [0.5, 0.6) is 0 Å². The molecule has 1 amide bonds. The number of hydrogen-bond donors (Lipinski definition) is 1. The number of fused-ring (bicyclic) bond motifs is 1. The number of nitrogens with one attached hydrogen (secondary N) is 1. The second-order valence-electron chi connectivity index (χ2n) is 6.14. The van der Waals surface area contributed by atoms with E-state index in [2.05, 4.69) is 15.3 Å². The van der Waals surface area contributed by atoms with E-state index in [-0.39, 0.29) is 23.0 Å². The average Bonchev–Trinajstić information content (AvgIpc) is 2.62. The molecule has 6 heteroatoms. The molecule has 3 rings (SSSR count). The molecule has 0 saturated carbocycles. The van der Waals surface area contributed by atoms with Crippen molar-refractivity contribution in [2.24, 2.45) is 0 Å². The normalized spacial score (nSPS) is 13.4. The molecule has 0 bridgehead atoms. The van der Waals surface area contributed by atoms with E-state index in [0.717, 1.165) is 21.5 Å². The van der Waals surface area contributed by atoms with Crippen LogP contribution < -0.4 is 5.32 Å². The van der Waals surface area contributed by atoms with Crippen LogP contribution in [0.25, 0.3) is 10.9 Å². The number of halogens is 1. The first kappa shape index (κ1) is 18.3. The van der Waals surface area contributed by atoms with Crippen LogP contribution in [0.2, 0.25) is 0 Å². The monoisotopic (exact) mass is 369 g/mol. The van der Waals surface area contributed by atoms with Gasteiger partial charge in [-0.05, 0) is 44.5 Å². The number of benzene rings is 2. The molecule has 4 nitrogen and oxygen atoms in total. The average molecular weight is 369 g/mol. The van der Waals surface area contributed by atoms with Gasteiger partial charge in [-0.25, -0.2) is 14.4 Å². The third-order valence-electron chi connectivity index (χ3n) is 4.07. The lowest BCUT2D eigenvalue weighted by molar-refractivity contribution is -0.120. The first-order valence-corrected chi connectivity index (χ1v) is 9.28. The van der Waals surface area contributed by atoms with Crippen LogP contribution in [-0.2, 0) is 4.79 Å². The molecule has 1 aromatic heterocycles. The lowest BCUT2D eigenvalue weighted by Gasteiger charge is -2.18. The number of thioether (sulfide) groups is 1. The van der Waals surface area contributed by atoms with E-state index in [1.165, 1.54) is 23.9 Å². The highest BCUT2D eigenvalue weighted by Gasteiger charge is 2.19. The minimum absolute atomic E-state index is 0.0906. The maximum Gasteiger partial charge on any atom is 0.233 e. The highest BCUT2D eigenvalue weighted by atomic mass is 32.2. The summed E-state index contributed by atoms with van der Waals surface area (Å²) in [6, 6.07) is 13.7. The van der Waals surface area contributed by atoms with E-state index in [1.807, 2.05) is 45.0 Å². The van der Waals surface area contributed by atoms with Crippen molar-refractivity contribution in [1.29, 1.82) is 0 Å². The Hall–Kier alpha value is -2.47. The maximum atomic E-state index is 13.0. The number of amides is 1. The number of aromatic nitrogens is 2. The topological polar surface area (TPSA) is 54.9 Å². The summed E-state index contributed by atoms with van der Waals surface area (Å²) in [5.74, 6) is 0.299. The van der Waals surface area contributed by atoms with Gasteiger partial charge in [0.05, 0.1) is 16.8 Å².